The predicted octanol–water partition coefficient (Wildman–Crippen LogP) is 3.36. The fraction of sp³-hybridized carbons (Fsp3) is 0.412. The third-order valence-corrected chi connectivity index (χ3v) is 3.41. The van der Waals surface area contributed by atoms with E-state index < -0.39 is 17.7 Å². The number of cyclic esters (lactones) is 2. The molecule has 0 atom stereocenters. The summed E-state index contributed by atoms with van der Waals surface area (Å²) in [5.74, 6) is -1.97. The van der Waals surface area contributed by atoms with Gasteiger partial charge < -0.3 is 18.9 Å². The number of carbonyl (C=O) groups is 2. The van der Waals surface area contributed by atoms with Crippen LogP contribution in [0, 0.1) is 0 Å². The van der Waals surface area contributed by atoms with Crippen LogP contribution in [-0.4, -0.2) is 31.4 Å². The van der Waals surface area contributed by atoms with Gasteiger partial charge in [-0.25, -0.2) is 9.59 Å². The fourth-order valence-corrected chi connectivity index (χ4v) is 2.39. The highest BCUT2D eigenvalue weighted by Gasteiger charge is 2.38. The highest BCUT2D eigenvalue weighted by Crippen LogP contribution is 2.37. The van der Waals surface area contributed by atoms with Crippen molar-refractivity contribution in [3.63, 3.8) is 0 Å². The first-order valence-electron chi connectivity index (χ1n) is 7.46. The maximum absolute atomic E-state index is 12.0. The molecule has 6 nitrogen and oxygen atoms in total. The van der Waals surface area contributed by atoms with Crippen molar-refractivity contribution in [1.82, 2.24) is 0 Å². The molecule has 1 aliphatic rings. The maximum atomic E-state index is 12.0. The number of ether oxygens (including phenoxy) is 4. The Kier molecular flexibility index (Phi) is 5.39. The first kappa shape index (κ1) is 18.1. The van der Waals surface area contributed by atoms with E-state index in [0.29, 0.717) is 28.7 Å². The number of halogens is 1. The molecule has 1 aromatic rings. The fourth-order valence-electron chi connectivity index (χ4n) is 2.11. The summed E-state index contributed by atoms with van der Waals surface area (Å²) in [6.45, 7) is 5.43. The molecule has 0 amide bonds. The van der Waals surface area contributed by atoms with E-state index >= 15 is 0 Å². The summed E-state index contributed by atoms with van der Waals surface area (Å²) >= 11 is 6.22. The molecule has 0 radical (unpaired) electrons. The minimum absolute atomic E-state index is 0.213. The lowest BCUT2D eigenvalue weighted by molar-refractivity contribution is -0.222. The molecule has 24 heavy (non-hydrogen) atoms. The van der Waals surface area contributed by atoms with Crippen LogP contribution in [0.15, 0.2) is 17.7 Å². The predicted molar refractivity (Wildman–Crippen MR) is 88.0 cm³/mol. The van der Waals surface area contributed by atoms with Gasteiger partial charge in [0.15, 0.2) is 11.5 Å². The van der Waals surface area contributed by atoms with Crippen molar-refractivity contribution in [3.05, 3.63) is 28.3 Å². The van der Waals surface area contributed by atoms with E-state index in [1.807, 2.05) is 6.92 Å². The molecular formula is C17H19ClO6. The van der Waals surface area contributed by atoms with Crippen LogP contribution in [0.2, 0.25) is 5.02 Å². The standard InChI is InChI=1S/C17H19ClO6/c1-5-6-22-14-12(18)8-10(9-13(14)21-4)7-11-15(19)23-17(2,3)24-16(11)20/h7-9H,5-6H2,1-4H3. The summed E-state index contributed by atoms with van der Waals surface area (Å²) in [6, 6.07) is 3.19. The van der Waals surface area contributed by atoms with Crippen molar-refractivity contribution in [1.29, 1.82) is 0 Å². The van der Waals surface area contributed by atoms with Gasteiger partial charge in [0.1, 0.15) is 5.57 Å². The topological polar surface area (TPSA) is 71.1 Å². The van der Waals surface area contributed by atoms with E-state index in [0.717, 1.165) is 6.42 Å². The van der Waals surface area contributed by atoms with Crippen molar-refractivity contribution >= 4 is 29.6 Å². The van der Waals surface area contributed by atoms with Crippen LogP contribution in [0.1, 0.15) is 32.8 Å². The summed E-state index contributed by atoms with van der Waals surface area (Å²) < 4.78 is 20.9. The molecule has 1 aromatic carbocycles. The molecule has 0 bridgehead atoms. The zero-order valence-corrected chi connectivity index (χ0v) is 14.7. The number of carbonyl (C=O) groups excluding carboxylic acids is 2. The molecule has 1 heterocycles. The molecule has 7 heteroatoms. The van der Waals surface area contributed by atoms with E-state index in [1.165, 1.54) is 27.0 Å². The van der Waals surface area contributed by atoms with E-state index in [4.69, 9.17) is 30.5 Å². The Bertz CT molecular complexity index is 671. The maximum Gasteiger partial charge on any atom is 0.348 e. The third kappa shape index (κ3) is 4.00. The Balaban J connectivity index is 2.37. The Labute approximate surface area is 145 Å². The smallest absolute Gasteiger partial charge is 0.348 e. The van der Waals surface area contributed by atoms with Gasteiger partial charge in [0.25, 0.3) is 5.79 Å². The second-order valence-electron chi connectivity index (χ2n) is 5.62. The molecule has 0 aromatic heterocycles. The highest BCUT2D eigenvalue weighted by atomic mass is 35.5. The molecular weight excluding hydrogens is 336 g/mol. The van der Waals surface area contributed by atoms with Crippen molar-refractivity contribution in [2.24, 2.45) is 0 Å². The summed E-state index contributed by atoms with van der Waals surface area (Å²) in [6.07, 6.45) is 2.16. The first-order valence-corrected chi connectivity index (χ1v) is 7.84. The first-order chi connectivity index (χ1) is 11.3. The number of hydrogen-bond acceptors (Lipinski definition) is 6. The molecule has 1 fully saturated rings. The lowest BCUT2D eigenvalue weighted by Crippen LogP contribution is -2.41. The second-order valence-corrected chi connectivity index (χ2v) is 6.03. The summed E-state index contributed by atoms with van der Waals surface area (Å²) in [4.78, 5) is 24.0. The lowest BCUT2D eigenvalue weighted by atomic mass is 10.1. The molecule has 0 saturated carbocycles. The van der Waals surface area contributed by atoms with Crippen LogP contribution in [0.4, 0.5) is 0 Å². The number of benzene rings is 1. The van der Waals surface area contributed by atoms with E-state index in [2.05, 4.69) is 0 Å². The SMILES string of the molecule is CCCOc1c(Cl)cc(C=C2C(=O)OC(C)(C)OC2=O)cc1OC. The van der Waals surface area contributed by atoms with Crippen LogP contribution in [0.5, 0.6) is 11.5 Å². The highest BCUT2D eigenvalue weighted by molar-refractivity contribution is 6.32. The largest absolute Gasteiger partial charge is 0.493 e. The summed E-state index contributed by atoms with van der Waals surface area (Å²) in [7, 11) is 1.48. The van der Waals surface area contributed by atoms with Gasteiger partial charge in [0.05, 0.1) is 18.7 Å². The van der Waals surface area contributed by atoms with Gasteiger partial charge in [-0.1, -0.05) is 18.5 Å². The monoisotopic (exact) mass is 354 g/mol. The van der Waals surface area contributed by atoms with Gasteiger partial charge in [0.2, 0.25) is 0 Å². The Morgan fingerprint density at radius 2 is 1.83 bits per heavy atom. The van der Waals surface area contributed by atoms with Crippen LogP contribution in [-0.2, 0) is 19.1 Å². The Hall–Kier alpha value is -2.21. The molecule has 130 valence electrons. The van der Waals surface area contributed by atoms with Crippen LogP contribution in [0.25, 0.3) is 6.08 Å². The van der Waals surface area contributed by atoms with Gasteiger partial charge in [-0.2, -0.15) is 0 Å². The van der Waals surface area contributed by atoms with E-state index in [1.54, 1.807) is 12.1 Å². The number of esters is 2. The van der Waals surface area contributed by atoms with Crippen molar-refractivity contribution in [2.45, 2.75) is 33.0 Å². The minimum Gasteiger partial charge on any atom is -0.493 e. The molecule has 0 N–H and O–H groups in total. The second kappa shape index (κ2) is 7.13. The Morgan fingerprint density at radius 3 is 2.38 bits per heavy atom. The van der Waals surface area contributed by atoms with Gasteiger partial charge in [-0.3, -0.25) is 0 Å². The normalized spacial score (nSPS) is 16.3. The van der Waals surface area contributed by atoms with Gasteiger partial charge >= 0.3 is 11.9 Å². The average molecular weight is 355 g/mol. The summed E-state index contributed by atoms with van der Waals surface area (Å²) in [5.41, 5.74) is 0.277. The van der Waals surface area contributed by atoms with Gasteiger partial charge in [-0.05, 0) is 30.2 Å². The quantitative estimate of drug-likeness (QED) is 0.458. The number of methoxy groups -OCH3 is 1. The van der Waals surface area contributed by atoms with Gasteiger partial charge in [0, 0.05) is 13.8 Å². The van der Waals surface area contributed by atoms with Gasteiger partial charge in [-0.15, -0.1) is 0 Å². The van der Waals surface area contributed by atoms with Crippen LogP contribution in [0.3, 0.4) is 0 Å². The third-order valence-electron chi connectivity index (χ3n) is 3.13. The Morgan fingerprint density at radius 1 is 1.21 bits per heavy atom. The molecule has 0 unspecified atom stereocenters. The molecule has 0 spiro atoms. The van der Waals surface area contributed by atoms with Crippen LogP contribution < -0.4 is 9.47 Å². The zero-order chi connectivity index (χ0) is 17.9. The molecule has 0 aliphatic carbocycles. The minimum atomic E-state index is -1.28. The van der Waals surface area contributed by atoms with E-state index in [-0.39, 0.29) is 5.57 Å². The van der Waals surface area contributed by atoms with Crippen molar-refractivity contribution in [2.75, 3.05) is 13.7 Å². The molecule has 2 rings (SSSR count). The summed E-state index contributed by atoms with van der Waals surface area (Å²) in [5, 5.41) is 0.313. The number of rotatable bonds is 5. The zero-order valence-electron chi connectivity index (χ0n) is 14.0. The van der Waals surface area contributed by atoms with E-state index in [9.17, 15) is 9.59 Å². The molecule has 1 saturated heterocycles. The van der Waals surface area contributed by atoms with Crippen LogP contribution >= 0.6 is 11.6 Å². The van der Waals surface area contributed by atoms with Crippen molar-refractivity contribution < 1.29 is 28.5 Å². The molecule has 1 aliphatic heterocycles. The lowest BCUT2D eigenvalue weighted by Gasteiger charge is -2.29. The number of hydrogen-bond donors (Lipinski definition) is 0. The average Bonchev–Trinajstić information content (AvgIpc) is 2.48. The van der Waals surface area contributed by atoms with Crippen molar-refractivity contribution in [3.8, 4) is 11.5 Å².